The van der Waals surface area contributed by atoms with E-state index in [-0.39, 0.29) is 16.5 Å². The summed E-state index contributed by atoms with van der Waals surface area (Å²) in [5.74, 6) is -1.39. The summed E-state index contributed by atoms with van der Waals surface area (Å²) in [6, 6.07) is 2.43. The molecular formula is C10H7BrF2N2OS. The lowest BCUT2D eigenvalue weighted by Crippen LogP contribution is -2.06. The Bertz CT molecular complexity index is 521. The molecule has 7 heteroatoms. The largest absolute Gasteiger partial charge is 0.386 e. The number of benzene rings is 1. The van der Waals surface area contributed by atoms with Crippen molar-refractivity contribution in [3.05, 3.63) is 44.9 Å². The van der Waals surface area contributed by atoms with Crippen molar-refractivity contribution >= 4 is 27.5 Å². The minimum absolute atomic E-state index is 0.164. The summed E-state index contributed by atoms with van der Waals surface area (Å²) in [5, 5.41) is 15.0. The topological polar surface area (TPSA) is 46.0 Å². The maximum atomic E-state index is 13.6. The molecule has 0 radical (unpaired) electrons. The number of hydrogen-bond acceptors (Lipinski definition) is 4. The van der Waals surface area contributed by atoms with Crippen LogP contribution in [0.3, 0.4) is 0 Å². The molecule has 0 bridgehead atoms. The van der Waals surface area contributed by atoms with Crippen molar-refractivity contribution < 1.29 is 13.9 Å². The number of aliphatic hydroxyl groups excluding tert-OH is 1. The lowest BCUT2D eigenvalue weighted by Gasteiger charge is -2.10. The van der Waals surface area contributed by atoms with E-state index in [0.29, 0.717) is 5.69 Å². The van der Waals surface area contributed by atoms with Crippen LogP contribution >= 0.6 is 27.5 Å². The molecule has 2 rings (SSSR count). The third-order valence-electron chi connectivity index (χ3n) is 2.25. The fourth-order valence-corrected chi connectivity index (χ4v) is 2.24. The second kappa shape index (κ2) is 5.16. The second-order valence-corrected chi connectivity index (χ2v) is 4.84. The molecule has 1 atom stereocenters. The van der Waals surface area contributed by atoms with Gasteiger partial charge in [-0.1, -0.05) is 4.49 Å². The van der Waals surface area contributed by atoms with Crippen LogP contribution < -0.4 is 0 Å². The van der Waals surface area contributed by atoms with E-state index in [1.54, 1.807) is 5.38 Å². The zero-order valence-corrected chi connectivity index (χ0v) is 10.8. The fraction of sp³-hybridized carbons (Fsp3) is 0.200. The molecule has 0 fully saturated rings. The van der Waals surface area contributed by atoms with Gasteiger partial charge in [0.1, 0.15) is 23.4 Å². The lowest BCUT2D eigenvalue weighted by atomic mass is 10.1. The van der Waals surface area contributed by atoms with Gasteiger partial charge >= 0.3 is 0 Å². The van der Waals surface area contributed by atoms with Crippen molar-refractivity contribution in [1.29, 1.82) is 0 Å². The first-order valence-electron chi connectivity index (χ1n) is 4.67. The number of hydrogen-bond donors (Lipinski definition) is 1. The van der Waals surface area contributed by atoms with Crippen LogP contribution in [0.2, 0.25) is 0 Å². The zero-order valence-electron chi connectivity index (χ0n) is 8.40. The van der Waals surface area contributed by atoms with Crippen molar-refractivity contribution in [3.63, 3.8) is 0 Å². The molecule has 1 aromatic carbocycles. The predicted octanol–water partition coefficient (Wildman–Crippen LogP) is 2.85. The molecule has 1 unspecified atom stereocenters. The van der Waals surface area contributed by atoms with Crippen molar-refractivity contribution in [1.82, 2.24) is 9.59 Å². The SMILES string of the molecule is OC(Cc1c(F)ccc(Br)c1F)c1csnn1. The smallest absolute Gasteiger partial charge is 0.143 e. The van der Waals surface area contributed by atoms with Gasteiger partial charge in [-0.2, -0.15) is 0 Å². The molecule has 3 nitrogen and oxygen atoms in total. The Hall–Kier alpha value is -0.920. The Kier molecular flexibility index (Phi) is 3.80. The average Bonchev–Trinajstić information content (AvgIpc) is 2.83. The first-order chi connectivity index (χ1) is 8.09. The monoisotopic (exact) mass is 320 g/mol. The van der Waals surface area contributed by atoms with E-state index < -0.39 is 17.7 Å². The highest BCUT2D eigenvalue weighted by Crippen LogP contribution is 2.26. The van der Waals surface area contributed by atoms with Crippen LogP contribution in [-0.4, -0.2) is 14.7 Å². The highest BCUT2D eigenvalue weighted by atomic mass is 79.9. The average molecular weight is 321 g/mol. The molecular weight excluding hydrogens is 314 g/mol. The molecule has 0 saturated carbocycles. The molecule has 0 amide bonds. The first kappa shape index (κ1) is 12.5. The van der Waals surface area contributed by atoms with Crippen LogP contribution in [0.5, 0.6) is 0 Å². The van der Waals surface area contributed by atoms with E-state index in [1.807, 2.05) is 0 Å². The van der Waals surface area contributed by atoms with E-state index in [2.05, 4.69) is 25.5 Å². The molecule has 1 aromatic heterocycles. The summed E-state index contributed by atoms with van der Waals surface area (Å²) in [7, 11) is 0. The van der Waals surface area contributed by atoms with Gasteiger partial charge in [-0.05, 0) is 39.6 Å². The van der Waals surface area contributed by atoms with Crippen LogP contribution in [-0.2, 0) is 6.42 Å². The van der Waals surface area contributed by atoms with Crippen molar-refractivity contribution in [2.45, 2.75) is 12.5 Å². The van der Waals surface area contributed by atoms with Gasteiger partial charge in [0.25, 0.3) is 0 Å². The maximum absolute atomic E-state index is 13.6. The maximum Gasteiger partial charge on any atom is 0.143 e. The van der Waals surface area contributed by atoms with Crippen molar-refractivity contribution in [2.24, 2.45) is 0 Å². The Morgan fingerprint density at radius 1 is 1.41 bits per heavy atom. The highest BCUT2D eigenvalue weighted by Gasteiger charge is 2.18. The second-order valence-electron chi connectivity index (χ2n) is 3.37. The Balaban J connectivity index is 2.27. The molecule has 0 aliphatic rings. The minimum atomic E-state index is -1.06. The van der Waals surface area contributed by atoms with E-state index in [4.69, 9.17) is 0 Å². The van der Waals surface area contributed by atoms with E-state index in [9.17, 15) is 13.9 Å². The summed E-state index contributed by atoms with van der Waals surface area (Å²) < 4.78 is 30.8. The van der Waals surface area contributed by atoms with Gasteiger partial charge in [0.15, 0.2) is 0 Å². The van der Waals surface area contributed by atoms with E-state index >= 15 is 0 Å². The zero-order chi connectivity index (χ0) is 12.4. The molecule has 0 aliphatic carbocycles. The van der Waals surface area contributed by atoms with Gasteiger partial charge in [-0.15, -0.1) is 5.10 Å². The molecule has 1 heterocycles. The van der Waals surface area contributed by atoms with Crippen molar-refractivity contribution in [3.8, 4) is 0 Å². The van der Waals surface area contributed by atoms with Crippen LogP contribution in [0.25, 0.3) is 0 Å². The van der Waals surface area contributed by atoms with Gasteiger partial charge in [0.05, 0.1) is 4.47 Å². The summed E-state index contributed by atoms with van der Waals surface area (Å²) in [5.41, 5.74) is 0.147. The van der Waals surface area contributed by atoms with Gasteiger partial charge in [-0.3, -0.25) is 0 Å². The molecule has 17 heavy (non-hydrogen) atoms. The quantitative estimate of drug-likeness (QED) is 0.884. The summed E-state index contributed by atoms with van der Waals surface area (Å²) in [4.78, 5) is 0. The third kappa shape index (κ3) is 2.67. The van der Waals surface area contributed by atoms with E-state index in [1.165, 1.54) is 6.07 Å². The number of rotatable bonds is 3. The van der Waals surface area contributed by atoms with Gasteiger partial charge in [-0.25, -0.2) is 8.78 Å². The molecule has 2 aromatic rings. The summed E-state index contributed by atoms with van der Waals surface area (Å²) in [6.07, 6.45) is -1.24. The van der Waals surface area contributed by atoms with Crippen LogP contribution in [0.15, 0.2) is 22.0 Å². The van der Waals surface area contributed by atoms with Crippen LogP contribution in [0, 0.1) is 11.6 Å². The van der Waals surface area contributed by atoms with Gasteiger partial charge in [0, 0.05) is 17.4 Å². The molecule has 0 spiro atoms. The fourth-order valence-electron chi connectivity index (χ4n) is 1.37. The number of halogens is 3. The highest BCUT2D eigenvalue weighted by molar-refractivity contribution is 9.10. The van der Waals surface area contributed by atoms with Gasteiger partial charge < -0.3 is 5.11 Å². The first-order valence-corrected chi connectivity index (χ1v) is 6.30. The number of aromatic nitrogens is 2. The van der Waals surface area contributed by atoms with Crippen molar-refractivity contribution in [2.75, 3.05) is 0 Å². The summed E-state index contributed by atoms with van der Waals surface area (Å²) in [6.45, 7) is 0. The number of nitrogens with zero attached hydrogens (tertiary/aromatic N) is 2. The minimum Gasteiger partial charge on any atom is -0.386 e. The summed E-state index contributed by atoms with van der Waals surface area (Å²) >= 11 is 4.04. The lowest BCUT2D eigenvalue weighted by molar-refractivity contribution is 0.170. The van der Waals surface area contributed by atoms with Crippen LogP contribution in [0.1, 0.15) is 17.4 Å². The third-order valence-corrected chi connectivity index (χ3v) is 3.39. The Labute approximate surface area is 108 Å². The Morgan fingerprint density at radius 2 is 2.18 bits per heavy atom. The van der Waals surface area contributed by atoms with E-state index in [0.717, 1.165) is 17.6 Å². The Morgan fingerprint density at radius 3 is 2.82 bits per heavy atom. The molecule has 90 valence electrons. The predicted molar refractivity (Wildman–Crippen MR) is 62.6 cm³/mol. The van der Waals surface area contributed by atoms with Gasteiger partial charge in [0.2, 0.25) is 0 Å². The molecule has 0 saturated heterocycles. The normalized spacial score (nSPS) is 12.7. The molecule has 1 N–H and O–H groups in total. The molecule has 0 aliphatic heterocycles. The number of aliphatic hydroxyl groups is 1. The standard InChI is InChI=1S/C10H7BrF2N2OS/c11-6-1-2-7(12)5(10(6)13)3-9(16)8-4-17-15-14-8/h1-2,4,9,16H,3H2. The van der Waals surface area contributed by atoms with Crippen LogP contribution in [0.4, 0.5) is 8.78 Å².